The van der Waals surface area contributed by atoms with Crippen molar-refractivity contribution >= 4 is 27.7 Å². The molecule has 106 valence electrons. The van der Waals surface area contributed by atoms with Gasteiger partial charge >= 0.3 is 0 Å². The number of carbonyl (C=O) groups is 1. The maximum Gasteiger partial charge on any atom is 0.238 e. The number of thioether (sulfide) groups is 1. The Morgan fingerprint density at radius 2 is 2.28 bits per heavy atom. The summed E-state index contributed by atoms with van der Waals surface area (Å²) in [6.07, 6.45) is 1.83. The predicted octanol–water partition coefficient (Wildman–Crippen LogP) is -0.563. The van der Waals surface area contributed by atoms with Crippen LogP contribution in [0.3, 0.4) is 0 Å². The molecule has 0 aromatic carbocycles. The summed E-state index contributed by atoms with van der Waals surface area (Å²) in [5, 5.41) is 5.91. The molecule has 0 bridgehead atoms. The van der Waals surface area contributed by atoms with E-state index in [2.05, 4.69) is 10.6 Å². The number of nitrogens with one attached hydrogen (secondary N) is 2. The van der Waals surface area contributed by atoms with Crippen molar-refractivity contribution in [2.75, 3.05) is 37.5 Å². The minimum Gasteiger partial charge on any atom is -0.355 e. The van der Waals surface area contributed by atoms with Crippen LogP contribution in [0.25, 0.3) is 0 Å². The minimum atomic E-state index is -3.13. The molecule has 2 N–H and O–H groups in total. The Balaban J connectivity index is 2.19. The molecule has 8 heteroatoms. The van der Waals surface area contributed by atoms with Gasteiger partial charge in [0.15, 0.2) is 0 Å². The summed E-state index contributed by atoms with van der Waals surface area (Å²) in [5.41, 5.74) is 0. The van der Waals surface area contributed by atoms with Crippen LogP contribution in [0.2, 0.25) is 0 Å². The number of amides is 1. The van der Waals surface area contributed by atoms with E-state index in [9.17, 15) is 13.2 Å². The summed E-state index contributed by atoms with van der Waals surface area (Å²) >= 11 is 1.70. The first kappa shape index (κ1) is 15.7. The zero-order valence-corrected chi connectivity index (χ0v) is 12.4. The van der Waals surface area contributed by atoms with Crippen molar-refractivity contribution in [1.29, 1.82) is 0 Å². The summed E-state index contributed by atoms with van der Waals surface area (Å²) < 4.78 is 24.1. The summed E-state index contributed by atoms with van der Waals surface area (Å²) in [6, 6.07) is -0.104. The largest absolute Gasteiger partial charge is 0.355 e. The lowest BCUT2D eigenvalue weighted by atomic mass is 10.3. The molecule has 1 heterocycles. The molecule has 0 aromatic heterocycles. The van der Waals surface area contributed by atoms with Gasteiger partial charge in [0, 0.05) is 31.3 Å². The van der Waals surface area contributed by atoms with Gasteiger partial charge in [-0.2, -0.15) is 0 Å². The zero-order chi connectivity index (χ0) is 13.6. The second-order valence-corrected chi connectivity index (χ2v) is 7.18. The fourth-order valence-electron chi connectivity index (χ4n) is 1.71. The van der Waals surface area contributed by atoms with Crippen molar-refractivity contribution in [1.82, 2.24) is 14.9 Å². The van der Waals surface area contributed by atoms with Gasteiger partial charge in [-0.05, 0) is 6.42 Å². The quantitative estimate of drug-likeness (QED) is 0.615. The average Bonchev–Trinajstić information content (AvgIpc) is 2.80. The Bertz CT molecular complexity index is 367. The third-order valence-corrected chi connectivity index (χ3v) is 5.06. The van der Waals surface area contributed by atoms with E-state index in [1.165, 1.54) is 10.6 Å². The molecule has 1 saturated heterocycles. The van der Waals surface area contributed by atoms with Crippen LogP contribution in [0.15, 0.2) is 0 Å². The molecule has 1 fully saturated rings. The predicted molar refractivity (Wildman–Crippen MR) is 74.0 cm³/mol. The van der Waals surface area contributed by atoms with E-state index in [0.717, 1.165) is 11.6 Å². The fraction of sp³-hybridized carbons (Fsp3) is 0.900. The molecular formula is C10H21N3O3S2. The Hall–Kier alpha value is -0.310. The van der Waals surface area contributed by atoms with Crippen LogP contribution in [0, 0.1) is 0 Å². The third-order valence-electron chi connectivity index (χ3n) is 2.74. The molecule has 0 spiro atoms. The molecule has 1 atom stereocenters. The van der Waals surface area contributed by atoms with Gasteiger partial charge in [-0.15, -0.1) is 11.8 Å². The van der Waals surface area contributed by atoms with E-state index in [1.807, 2.05) is 0 Å². The van der Waals surface area contributed by atoms with Crippen LogP contribution < -0.4 is 10.6 Å². The topological polar surface area (TPSA) is 78.5 Å². The first-order valence-electron chi connectivity index (χ1n) is 5.99. The number of carbonyl (C=O) groups excluding carboxylic acids is 1. The highest BCUT2D eigenvalue weighted by Crippen LogP contribution is 2.09. The second kappa shape index (κ2) is 7.32. The SMILES string of the molecule is CCN(CCCNC(=O)C1CSCN1)S(C)(=O)=O. The monoisotopic (exact) mass is 295 g/mol. The lowest BCUT2D eigenvalue weighted by molar-refractivity contribution is -0.122. The minimum absolute atomic E-state index is 0.00223. The third kappa shape index (κ3) is 5.13. The highest BCUT2D eigenvalue weighted by atomic mass is 32.2. The first-order valence-corrected chi connectivity index (χ1v) is 8.99. The van der Waals surface area contributed by atoms with Gasteiger partial charge in [0.05, 0.1) is 12.3 Å². The summed E-state index contributed by atoms with van der Waals surface area (Å²) in [7, 11) is -3.13. The number of nitrogens with zero attached hydrogens (tertiary/aromatic N) is 1. The van der Waals surface area contributed by atoms with Crippen molar-refractivity contribution in [3.8, 4) is 0 Å². The highest BCUT2D eigenvalue weighted by Gasteiger charge is 2.22. The molecule has 18 heavy (non-hydrogen) atoms. The lowest BCUT2D eigenvalue weighted by Gasteiger charge is -2.18. The molecule has 0 aliphatic carbocycles. The highest BCUT2D eigenvalue weighted by molar-refractivity contribution is 7.99. The van der Waals surface area contributed by atoms with Crippen LogP contribution in [0.4, 0.5) is 0 Å². The van der Waals surface area contributed by atoms with Gasteiger partial charge in [0.25, 0.3) is 0 Å². The van der Waals surface area contributed by atoms with Gasteiger partial charge < -0.3 is 5.32 Å². The smallest absolute Gasteiger partial charge is 0.238 e. The van der Waals surface area contributed by atoms with E-state index in [-0.39, 0.29) is 11.9 Å². The van der Waals surface area contributed by atoms with Crippen LogP contribution in [0.1, 0.15) is 13.3 Å². The summed E-state index contributed by atoms with van der Waals surface area (Å²) in [6.45, 7) is 3.23. The van der Waals surface area contributed by atoms with Crippen LogP contribution in [-0.2, 0) is 14.8 Å². The molecule has 1 aliphatic heterocycles. The molecule has 1 unspecified atom stereocenters. The molecule has 0 aromatic rings. The number of rotatable bonds is 7. The Labute approximate surface area is 113 Å². The Morgan fingerprint density at radius 3 is 2.78 bits per heavy atom. The molecule has 0 saturated carbocycles. The molecule has 6 nitrogen and oxygen atoms in total. The van der Waals surface area contributed by atoms with Crippen molar-refractivity contribution in [2.24, 2.45) is 0 Å². The maximum atomic E-state index is 11.6. The van der Waals surface area contributed by atoms with Gasteiger partial charge in [0.1, 0.15) is 0 Å². The van der Waals surface area contributed by atoms with E-state index >= 15 is 0 Å². The van der Waals surface area contributed by atoms with Gasteiger partial charge in [-0.1, -0.05) is 6.92 Å². The number of hydrogen-bond acceptors (Lipinski definition) is 5. The fourth-order valence-corrected chi connectivity index (χ4v) is 3.58. The number of sulfonamides is 1. The first-order chi connectivity index (χ1) is 8.45. The average molecular weight is 295 g/mol. The van der Waals surface area contributed by atoms with Crippen molar-refractivity contribution in [3.63, 3.8) is 0 Å². The zero-order valence-electron chi connectivity index (χ0n) is 10.8. The Kier molecular flexibility index (Phi) is 6.40. The van der Waals surface area contributed by atoms with Gasteiger partial charge in [0.2, 0.25) is 15.9 Å². The van der Waals surface area contributed by atoms with Crippen molar-refractivity contribution in [2.45, 2.75) is 19.4 Å². The maximum absolute atomic E-state index is 11.6. The lowest BCUT2D eigenvalue weighted by Crippen LogP contribution is -2.43. The van der Waals surface area contributed by atoms with Crippen LogP contribution in [0.5, 0.6) is 0 Å². The molecule has 1 rings (SSSR count). The van der Waals surface area contributed by atoms with Gasteiger partial charge in [-0.3, -0.25) is 10.1 Å². The van der Waals surface area contributed by atoms with Crippen molar-refractivity contribution < 1.29 is 13.2 Å². The van der Waals surface area contributed by atoms with E-state index < -0.39 is 10.0 Å². The standard InChI is InChI=1S/C10H21N3O3S2/c1-3-13(18(2,15)16)6-4-5-11-10(14)9-7-17-8-12-9/h9,12H,3-8H2,1-2H3,(H,11,14). The van der Waals surface area contributed by atoms with E-state index in [4.69, 9.17) is 0 Å². The van der Waals surface area contributed by atoms with E-state index in [1.54, 1.807) is 18.7 Å². The van der Waals surface area contributed by atoms with Gasteiger partial charge in [-0.25, -0.2) is 12.7 Å². The molecule has 0 radical (unpaired) electrons. The Morgan fingerprint density at radius 1 is 1.56 bits per heavy atom. The van der Waals surface area contributed by atoms with E-state index in [0.29, 0.717) is 26.1 Å². The second-order valence-electron chi connectivity index (χ2n) is 4.17. The normalized spacial score (nSPS) is 20.3. The summed E-state index contributed by atoms with van der Waals surface area (Å²) in [4.78, 5) is 11.6. The van der Waals surface area contributed by atoms with Crippen LogP contribution >= 0.6 is 11.8 Å². The summed E-state index contributed by atoms with van der Waals surface area (Å²) in [5.74, 6) is 1.62. The molecule has 1 amide bonds. The number of hydrogen-bond donors (Lipinski definition) is 2. The van der Waals surface area contributed by atoms with Crippen molar-refractivity contribution in [3.05, 3.63) is 0 Å². The molecule has 1 aliphatic rings. The van der Waals surface area contributed by atoms with Crippen LogP contribution in [-0.4, -0.2) is 62.2 Å². The molecular weight excluding hydrogens is 274 g/mol.